The van der Waals surface area contributed by atoms with E-state index < -0.39 is 0 Å². The third-order valence-corrected chi connectivity index (χ3v) is 3.26. The molecule has 0 spiro atoms. The van der Waals surface area contributed by atoms with Crippen LogP contribution >= 0.6 is 0 Å². The molecule has 2 atom stereocenters. The Bertz CT molecular complexity index is 309. The van der Waals surface area contributed by atoms with Crippen molar-refractivity contribution < 1.29 is 0 Å². The third kappa shape index (κ3) is 3.64. The first-order valence-electron chi connectivity index (χ1n) is 6.20. The van der Waals surface area contributed by atoms with Gasteiger partial charge in [-0.3, -0.25) is 0 Å². The van der Waals surface area contributed by atoms with Crippen LogP contribution in [0.25, 0.3) is 0 Å². The van der Waals surface area contributed by atoms with Gasteiger partial charge in [0.05, 0.1) is 0 Å². The lowest BCUT2D eigenvalue weighted by atomic mass is 9.89. The van der Waals surface area contributed by atoms with E-state index in [0.717, 1.165) is 6.54 Å². The van der Waals surface area contributed by atoms with Crippen molar-refractivity contribution in [3.63, 3.8) is 0 Å². The molecule has 0 radical (unpaired) electrons. The zero-order valence-corrected chi connectivity index (χ0v) is 11.3. The second kappa shape index (κ2) is 5.49. The summed E-state index contributed by atoms with van der Waals surface area (Å²) in [5.41, 5.74) is 1.61. The predicted molar refractivity (Wildman–Crippen MR) is 72.5 cm³/mol. The molecule has 0 aromatic rings. The van der Waals surface area contributed by atoms with Gasteiger partial charge in [-0.05, 0) is 32.0 Å². The van der Waals surface area contributed by atoms with Crippen molar-refractivity contribution in [1.29, 1.82) is 0 Å². The molecule has 0 heterocycles. The van der Waals surface area contributed by atoms with E-state index in [0.29, 0.717) is 5.92 Å². The normalized spacial score (nSPS) is 26.8. The Labute approximate surface area is 101 Å². The minimum absolute atomic E-state index is 0.162. The molecular formula is C15H25N. The van der Waals surface area contributed by atoms with Crippen LogP contribution in [0.5, 0.6) is 0 Å². The van der Waals surface area contributed by atoms with Crippen molar-refractivity contribution in [2.24, 2.45) is 11.3 Å². The van der Waals surface area contributed by atoms with Crippen LogP contribution in [0.3, 0.4) is 0 Å². The topological polar surface area (TPSA) is 3.24 Å². The fourth-order valence-corrected chi connectivity index (χ4v) is 2.13. The minimum Gasteiger partial charge on any atom is -0.308 e. The maximum Gasteiger partial charge on any atom is 0.0166 e. The first-order valence-corrected chi connectivity index (χ1v) is 6.20. The number of allylic oxidation sites excluding steroid dienone is 4. The van der Waals surface area contributed by atoms with Crippen LogP contribution < -0.4 is 0 Å². The molecule has 0 saturated heterocycles. The molecule has 0 aliphatic heterocycles. The first kappa shape index (κ1) is 13.2. The van der Waals surface area contributed by atoms with Crippen LogP contribution in [0.15, 0.2) is 36.0 Å². The molecule has 1 heteroatoms. The van der Waals surface area contributed by atoms with Gasteiger partial charge >= 0.3 is 0 Å². The van der Waals surface area contributed by atoms with E-state index >= 15 is 0 Å². The molecule has 1 aliphatic rings. The molecule has 1 aliphatic carbocycles. The summed E-state index contributed by atoms with van der Waals surface area (Å²) in [6, 6.07) is 0. The summed E-state index contributed by atoms with van der Waals surface area (Å²) in [6.45, 7) is 7.88. The van der Waals surface area contributed by atoms with Gasteiger partial charge in [0.25, 0.3) is 0 Å². The fraction of sp³-hybridized carbons (Fsp3) is 0.600. The maximum atomic E-state index is 2.34. The van der Waals surface area contributed by atoms with E-state index in [2.05, 4.69) is 70.1 Å². The van der Waals surface area contributed by atoms with Gasteiger partial charge in [0, 0.05) is 12.0 Å². The summed E-state index contributed by atoms with van der Waals surface area (Å²) in [6.07, 6.45) is 12.6. The van der Waals surface area contributed by atoms with Gasteiger partial charge in [0.1, 0.15) is 0 Å². The molecule has 0 aromatic heterocycles. The molecule has 0 bridgehead atoms. The summed E-state index contributed by atoms with van der Waals surface area (Å²) in [4.78, 5) is 2.24. The molecule has 90 valence electrons. The lowest BCUT2D eigenvalue weighted by Gasteiger charge is -2.25. The monoisotopic (exact) mass is 219 g/mol. The molecule has 0 saturated carbocycles. The highest BCUT2D eigenvalue weighted by Crippen LogP contribution is 2.27. The van der Waals surface area contributed by atoms with Gasteiger partial charge in [-0.1, -0.05) is 51.2 Å². The fourth-order valence-electron chi connectivity index (χ4n) is 2.13. The van der Waals surface area contributed by atoms with Crippen molar-refractivity contribution in [2.45, 2.75) is 27.2 Å². The van der Waals surface area contributed by atoms with Crippen molar-refractivity contribution in [2.75, 3.05) is 20.6 Å². The van der Waals surface area contributed by atoms with E-state index in [1.165, 1.54) is 12.0 Å². The Morgan fingerprint density at radius 3 is 2.56 bits per heavy atom. The van der Waals surface area contributed by atoms with E-state index in [4.69, 9.17) is 0 Å². The Balaban J connectivity index is 2.80. The van der Waals surface area contributed by atoms with Crippen LogP contribution in [0.4, 0.5) is 0 Å². The van der Waals surface area contributed by atoms with Crippen LogP contribution in [0.1, 0.15) is 27.2 Å². The van der Waals surface area contributed by atoms with Crippen molar-refractivity contribution in [3.8, 4) is 0 Å². The molecule has 1 nitrogen and oxygen atoms in total. The van der Waals surface area contributed by atoms with Crippen molar-refractivity contribution >= 4 is 0 Å². The Morgan fingerprint density at radius 1 is 1.31 bits per heavy atom. The number of nitrogens with zero attached hydrogens (tertiary/aromatic N) is 1. The lowest BCUT2D eigenvalue weighted by Crippen LogP contribution is -2.27. The largest absolute Gasteiger partial charge is 0.308 e. The SMILES string of the molecule is CCC(C)C1=CC=CC(C)(CN(C)C)C=C1. The molecule has 1 rings (SSSR count). The van der Waals surface area contributed by atoms with Crippen LogP contribution in [0.2, 0.25) is 0 Å². The predicted octanol–water partition coefficient (Wildman–Crippen LogP) is 3.65. The van der Waals surface area contributed by atoms with Gasteiger partial charge in [-0.25, -0.2) is 0 Å². The van der Waals surface area contributed by atoms with Gasteiger partial charge < -0.3 is 4.90 Å². The van der Waals surface area contributed by atoms with Crippen molar-refractivity contribution in [1.82, 2.24) is 4.90 Å². The van der Waals surface area contributed by atoms with Crippen LogP contribution in [-0.4, -0.2) is 25.5 Å². The summed E-state index contributed by atoms with van der Waals surface area (Å²) in [5.74, 6) is 0.655. The summed E-state index contributed by atoms with van der Waals surface area (Å²) < 4.78 is 0. The quantitative estimate of drug-likeness (QED) is 0.697. The third-order valence-electron chi connectivity index (χ3n) is 3.26. The summed E-state index contributed by atoms with van der Waals surface area (Å²) >= 11 is 0. The molecule has 0 amide bonds. The molecule has 0 N–H and O–H groups in total. The summed E-state index contributed by atoms with van der Waals surface area (Å²) in [5, 5.41) is 0. The minimum atomic E-state index is 0.162. The van der Waals surface area contributed by atoms with Gasteiger partial charge in [0.2, 0.25) is 0 Å². The van der Waals surface area contributed by atoms with E-state index in [1.54, 1.807) is 0 Å². The van der Waals surface area contributed by atoms with E-state index in [-0.39, 0.29) is 5.41 Å². The molecule has 2 unspecified atom stereocenters. The second-order valence-electron chi connectivity index (χ2n) is 5.41. The molecule has 0 aromatic carbocycles. The number of hydrogen-bond donors (Lipinski definition) is 0. The molecule has 16 heavy (non-hydrogen) atoms. The van der Waals surface area contributed by atoms with Gasteiger partial charge in [-0.2, -0.15) is 0 Å². The van der Waals surface area contributed by atoms with Crippen molar-refractivity contribution in [3.05, 3.63) is 36.0 Å². The second-order valence-corrected chi connectivity index (χ2v) is 5.41. The average molecular weight is 219 g/mol. The van der Waals surface area contributed by atoms with Gasteiger partial charge in [-0.15, -0.1) is 0 Å². The number of rotatable bonds is 4. The zero-order valence-electron chi connectivity index (χ0n) is 11.3. The molecular weight excluding hydrogens is 194 g/mol. The average Bonchev–Trinajstić information content (AvgIpc) is 2.38. The van der Waals surface area contributed by atoms with Gasteiger partial charge in [0.15, 0.2) is 0 Å². The standard InChI is InChI=1S/C15H25N/c1-6-13(2)14-8-7-10-15(3,11-9-14)12-16(4)5/h7-11,13H,6,12H2,1-5H3. The Morgan fingerprint density at radius 2 is 2.00 bits per heavy atom. The lowest BCUT2D eigenvalue weighted by molar-refractivity contribution is 0.319. The zero-order chi connectivity index (χ0) is 12.2. The van der Waals surface area contributed by atoms with Crippen LogP contribution in [-0.2, 0) is 0 Å². The summed E-state index contributed by atoms with van der Waals surface area (Å²) in [7, 11) is 4.25. The Hall–Kier alpha value is -0.820. The highest BCUT2D eigenvalue weighted by Gasteiger charge is 2.19. The Kier molecular flexibility index (Phi) is 4.55. The maximum absolute atomic E-state index is 2.34. The molecule has 0 fully saturated rings. The highest BCUT2D eigenvalue weighted by molar-refractivity contribution is 5.32. The number of hydrogen-bond acceptors (Lipinski definition) is 1. The van der Waals surface area contributed by atoms with Crippen LogP contribution in [0, 0.1) is 11.3 Å². The van der Waals surface area contributed by atoms with E-state index in [9.17, 15) is 0 Å². The highest BCUT2D eigenvalue weighted by atomic mass is 15.1. The van der Waals surface area contributed by atoms with E-state index in [1.807, 2.05) is 0 Å². The smallest absolute Gasteiger partial charge is 0.0166 e. The first-order chi connectivity index (χ1) is 7.47.